The van der Waals surface area contributed by atoms with Crippen molar-refractivity contribution in [1.82, 2.24) is 42.5 Å². The molecule has 0 unspecified atom stereocenters. The van der Waals surface area contributed by atoms with Crippen LogP contribution in [0.5, 0.6) is 0 Å². The summed E-state index contributed by atoms with van der Waals surface area (Å²) < 4.78 is 5.74. The van der Waals surface area contributed by atoms with Gasteiger partial charge in [-0.15, -0.1) is 0 Å². The first-order valence-electron chi connectivity index (χ1n) is 27.8. The number of benzene rings is 3. The van der Waals surface area contributed by atoms with E-state index in [0.717, 1.165) is 27.8 Å². The minimum atomic E-state index is -1.46. The third-order valence-corrected chi connectivity index (χ3v) is 14.1. The predicted molar refractivity (Wildman–Crippen MR) is 299 cm³/mol. The van der Waals surface area contributed by atoms with E-state index in [1.807, 2.05) is 89.2 Å². The highest BCUT2D eigenvalue weighted by Gasteiger charge is 2.36. The molecule has 0 radical (unpaired) electrons. The molecule has 79 heavy (non-hydrogen) atoms. The standard InChI is InChI=1S/C58H83N11O10/c1-6-14-43-53(73)68-49(30-35(4)5)52(72)62-28-24-47(66-56(76)46(23-27-61)69-58(78)79-33-42-40-19-12-10-17-38(40)39-18-11-13-20-41(39)42)57(77)65-45(22-26-60)55(75)67-48(29-34(2)3)50(70)32-37(31-36-15-8-7-9-16-36)51(71)63-44(21-25-59)54(74)64-43/h7-13,15-20,34-35,37,42-49H,6,14,21-33,59-61H2,1-5H3,(H,62,72)(H,63,71)(H,64,74)(H,65,77)(H,66,76)(H,67,75)(H,68,73)(H,69,78)/t37-,43-,44-,45-,46+,47-,48-,49-/m0/s1. The molecule has 8 amide bonds. The largest absolute Gasteiger partial charge is 0.449 e. The number of Topliss-reactive ketones (excluding diaryl/α,β-unsaturated/α-hetero) is 1. The van der Waals surface area contributed by atoms with Crippen LogP contribution in [-0.4, -0.2) is 128 Å². The zero-order valence-corrected chi connectivity index (χ0v) is 46.3. The summed E-state index contributed by atoms with van der Waals surface area (Å²) in [5, 5.41) is 21.9. The highest BCUT2D eigenvalue weighted by atomic mass is 16.5. The van der Waals surface area contributed by atoms with Crippen LogP contribution in [0.15, 0.2) is 78.9 Å². The van der Waals surface area contributed by atoms with Crippen LogP contribution in [0.2, 0.25) is 0 Å². The van der Waals surface area contributed by atoms with Gasteiger partial charge in [0.05, 0.1) is 6.04 Å². The first-order chi connectivity index (χ1) is 37.9. The number of nitrogens with one attached hydrogen (secondary N) is 8. The first-order valence-corrected chi connectivity index (χ1v) is 27.8. The molecule has 1 fully saturated rings. The van der Waals surface area contributed by atoms with Crippen molar-refractivity contribution in [3.05, 3.63) is 95.6 Å². The summed E-state index contributed by atoms with van der Waals surface area (Å²) in [6, 6.07) is 16.0. The van der Waals surface area contributed by atoms with Gasteiger partial charge in [0, 0.05) is 24.8 Å². The highest BCUT2D eigenvalue weighted by Crippen LogP contribution is 2.44. The summed E-state index contributed by atoms with van der Waals surface area (Å²) in [5.74, 6) is -7.06. The lowest BCUT2D eigenvalue weighted by Crippen LogP contribution is -2.59. The molecule has 1 aliphatic heterocycles. The monoisotopic (exact) mass is 1090 g/mol. The molecule has 0 saturated carbocycles. The Morgan fingerprint density at radius 3 is 1.67 bits per heavy atom. The van der Waals surface area contributed by atoms with Crippen LogP contribution in [0.25, 0.3) is 11.1 Å². The van der Waals surface area contributed by atoms with Crippen molar-refractivity contribution in [3.8, 4) is 11.1 Å². The van der Waals surface area contributed by atoms with E-state index in [9.17, 15) is 43.2 Å². The highest BCUT2D eigenvalue weighted by molar-refractivity contribution is 5.98. The maximum atomic E-state index is 14.5. The number of ketones is 1. The zero-order chi connectivity index (χ0) is 57.6. The number of hydrogen-bond acceptors (Lipinski definition) is 13. The number of rotatable bonds is 19. The number of nitrogens with two attached hydrogens (primary N) is 3. The predicted octanol–water partition coefficient (Wildman–Crippen LogP) is 2.08. The molecule has 1 saturated heterocycles. The molecule has 0 spiro atoms. The van der Waals surface area contributed by atoms with E-state index < -0.39 is 101 Å². The molecule has 3 aromatic rings. The average Bonchev–Trinajstić information content (AvgIpc) is 4.01. The number of fused-ring (bicyclic) bond motifs is 3. The minimum absolute atomic E-state index is 0.00703. The Morgan fingerprint density at radius 2 is 1.11 bits per heavy atom. The van der Waals surface area contributed by atoms with Crippen LogP contribution in [-0.2, 0) is 49.5 Å². The van der Waals surface area contributed by atoms with Gasteiger partial charge in [-0.25, -0.2) is 4.79 Å². The van der Waals surface area contributed by atoms with Gasteiger partial charge in [0.25, 0.3) is 0 Å². The summed E-state index contributed by atoms with van der Waals surface area (Å²) in [4.78, 5) is 128. The van der Waals surface area contributed by atoms with Crippen molar-refractivity contribution in [1.29, 1.82) is 0 Å². The topological polar surface area (TPSA) is 337 Å². The van der Waals surface area contributed by atoms with E-state index >= 15 is 0 Å². The van der Waals surface area contributed by atoms with E-state index in [4.69, 9.17) is 21.9 Å². The number of carbonyl (C=O) groups is 9. The maximum absolute atomic E-state index is 14.5. The summed E-state index contributed by atoms with van der Waals surface area (Å²) in [6.45, 7) is 8.82. The molecular formula is C58H83N11O10. The molecule has 1 aliphatic carbocycles. The van der Waals surface area contributed by atoms with E-state index in [2.05, 4.69) is 42.5 Å². The Labute approximate surface area is 463 Å². The number of amides is 8. The Hall–Kier alpha value is -7.23. The Bertz CT molecular complexity index is 2520. The summed E-state index contributed by atoms with van der Waals surface area (Å²) >= 11 is 0. The van der Waals surface area contributed by atoms with Gasteiger partial charge in [0.1, 0.15) is 42.9 Å². The third kappa shape index (κ3) is 18.7. The average molecular weight is 1090 g/mol. The fraction of sp³-hybridized carbons (Fsp3) is 0.534. The van der Waals surface area contributed by atoms with E-state index in [0.29, 0.717) is 6.42 Å². The van der Waals surface area contributed by atoms with E-state index in [1.54, 1.807) is 24.3 Å². The second-order valence-corrected chi connectivity index (χ2v) is 21.3. The van der Waals surface area contributed by atoms with Crippen molar-refractivity contribution in [2.24, 2.45) is 35.0 Å². The van der Waals surface area contributed by atoms with Gasteiger partial charge >= 0.3 is 6.09 Å². The molecule has 21 nitrogen and oxygen atoms in total. The minimum Gasteiger partial charge on any atom is -0.449 e. The van der Waals surface area contributed by atoms with Crippen LogP contribution in [0, 0.1) is 17.8 Å². The van der Waals surface area contributed by atoms with Gasteiger partial charge in [-0.2, -0.15) is 0 Å². The van der Waals surface area contributed by atoms with Crippen molar-refractivity contribution < 1.29 is 47.9 Å². The molecule has 0 bridgehead atoms. The molecule has 2 aliphatic rings. The fourth-order valence-electron chi connectivity index (χ4n) is 10.0. The smallest absolute Gasteiger partial charge is 0.407 e. The summed E-state index contributed by atoms with van der Waals surface area (Å²) in [5.41, 5.74) is 22.7. The summed E-state index contributed by atoms with van der Waals surface area (Å²) in [6.07, 6.45) is -0.642. The number of alkyl carbamates (subject to hydrolysis) is 1. The van der Waals surface area contributed by atoms with Crippen LogP contribution in [0.3, 0.4) is 0 Å². The molecule has 1 heterocycles. The normalized spacial score (nSPS) is 22.5. The number of hydrogen-bond donors (Lipinski definition) is 11. The van der Waals surface area contributed by atoms with Gasteiger partial charge in [-0.1, -0.05) is 120 Å². The Morgan fingerprint density at radius 1 is 0.608 bits per heavy atom. The van der Waals surface area contributed by atoms with Crippen molar-refractivity contribution in [3.63, 3.8) is 0 Å². The molecule has 0 aromatic heterocycles. The van der Waals surface area contributed by atoms with Crippen LogP contribution >= 0.6 is 0 Å². The number of ether oxygens (including phenoxy) is 1. The van der Waals surface area contributed by atoms with Crippen LogP contribution < -0.4 is 59.7 Å². The lowest BCUT2D eigenvalue weighted by Gasteiger charge is -2.28. The fourth-order valence-corrected chi connectivity index (χ4v) is 10.0. The van der Waals surface area contributed by atoms with E-state index in [-0.39, 0.29) is 108 Å². The molecule has 21 heteroatoms. The first kappa shape index (κ1) is 62.6. The van der Waals surface area contributed by atoms with Crippen molar-refractivity contribution in [2.75, 3.05) is 32.8 Å². The molecule has 5 rings (SSSR count). The lowest BCUT2D eigenvalue weighted by atomic mass is 9.88. The second kappa shape index (κ2) is 31.4. The molecular weight excluding hydrogens is 1010 g/mol. The number of carbonyl (C=O) groups excluding carboxylic acids is 9. The van der Waals surface area contributed by atoms with Gasteiger partial charge < -0.3 is 64.5 Å². The molecule has 3 aromatic carbocycles. The van der Waals surface area contributed by atoms with E-state index in [1.165, 1.54) is 0 Å². The van der Waals surface area contributed by atoms with Gasteiger partial charge in [0.15, 0.2) is 5.78 Å². The molecule has 430 valence electrons. The maximum Gasteiger partial charge on any atom is 0.407 e. The molecule has 8 atom stereocenters. The Balaban J connectivity index is 1.46. The van der Waals surface area contributed by atoms with Crippen LogP contribution in [0.4, 0.5) is 4.79 Å². The zero-order valence-electron chi connectivity index (χ0n) is 46.3. The molecule has 14 N–H and O–H groups in total. The second-order valence-electron chi connectivity index (χ2n) is 21.3. The Kier molecular flexibility index (Phi) is 24.9. The van der Waals surface area contributed by atoms with Gasteiger partial charge in [-0.05, 0) is 111 Å². The van der Waals surface area contributed by atoms with Gasteiger partial charge in [0.2, 0.25) is 41.4 Å². The third-order valence-electron chi connectivity index (χ3n) is 14.1. The SMILES string of the molecule is CCC[C@@H]1NC(=O)[C@H](CCN)NC(=O)[C@@H](Cc2ccccc2)CC(=O)[C@H](CC(C)C)NC(=O)[C@H](CCN)NC(=O)[C@@H](NC(=O)[C@@H](CCN)NC(=O)OCC2c3ccccc3-c3ccccc32)CCNC(=O)[C@H](CC(C)C)NC1=O. The van der Waals surface area contributed by atoms with Crippen molar-refractivity contribution in [2.45, 2.75) is 147 Å². The quantitative estimate of drug-likeness (QED) is 0.0821. The summed E-state index contributed by atoms with van der Waals surface area (Å²) in [7, 11) is 0. The van der Waals surface area contributed by atoms with Crippen molar-refractivity contribution >= 4 is 53.2 Å². The van der Waals surface area contributed by atoms with Crippen LogP contribution in [0.1, 0.15) is 115 Å². The lowest BCUT2D eigenvalue weighted by molar-refractivity contribution is -0.136. The van der Waals surface area contributed by atoms with Gasteiger partial charge in [-0.3, -0.25) is 38.4 Å².